The molecule has 19 heavy (non-hydrogen) atoms. The molecule has 98 valence electrons. The molecule has 2 aromatic rings. The van der Waals surface area contributed by atoms with Crippen molar-refractivity contribution in [2.24, 2.45) is 0 Å². The molecule has 0 aliphatic heterocycles. The highest BCUT2D eigenvalue weighted by Gasteiger charge is 2.16. The summed E-state index contributed by atoms with van der Waals surface area (Å²) in [5, 5.41) is 14.4. The van der Waals surface area contributed by atoms with Gasteiger partial charge in [0.1, 0.15) is 5.82 Å². The average Bonchev–Trinajstić information content (AvgIpc) is 2.77. The average molecular weight is 264 g/mol. The summed E-state index contributed by atoms with van der Waals surface area (Å²) >= 11 is 0. The number of nitrogens with zero attached hydrogens (tertiary/aromatic N) is 1. The van der Waals surface area contributed by atoms with E-state index in [1.165, 1.54) is 18.3 Å². The molecule has 0 radical (unpaired) electrons. The van der Waals surface area contributed by atoms with E-state index < -0.39 is 17.7 Å². The fraction of sp³-hybridized carbons (Fsp3) is 0.0833. The van der Waals surface area contributed by atoms with Gasteiger partial charge >= 0.3 is 5.97 Å². The summed E-state index contributed by atoms with van der Waals surface area (Å²) in [6, 6.07) is 3.18. The van der Waals surface area contributed by atoms with Crippen LogP contribution in [0.25, 0.3) is 0 Å². The molecule has 1 amide bonds. The SMILES string of the molecule is Cc1cnoc1C(=O)Nc1ccc(C(=O)O)cc1F. The minimum absolute atomic E-state index is 0.0262. The Morgan fingerprint density at radius 2 is 2.16 bits per heavy atom. The van der Waals surface area contributed by atoms with E-state index in [1.54, 1.807) is 6.92 Å². The van der Waals surface area contributed by atoms with Crippen molar-refractivity contribution >= 4 is 17.6 Å². The van der Waals surface area contributed by atoms with E-state index in [0.717, 1.165) is 6.07 Å². The molecule has 0 saturated carbocycles. The number of carboxylic acids is 1. The molecule has 6 nitrogen and oxygen atoms in total. The van der Waals surface area contributed by atoms with Crippen LogP contribution in [0.2, 0.25) is 0 Å². The summed E-state index contributed by atoms with van der Waals surface area (Å²) in [7, 11) is 0. The molecular weight excluding hydrogens is 255 g/mol. The number of carbonyl (C=O) groups is 2. The molecule has 7 heteroatoms. The van der Waals surface area contributed by atoms with Crippen LogP contribution in [0.15, 0.2) is 28.9 Å². The number of hydrogen-bond acceptors (Lipinski definition) is 4. The topological polar surface area (TPSA) is 92.4 Å². The minimum Gasteiger partial charge on any atom is -0.478 e. The number of carboxylic acid groups (broad SMARTS) is 1. The molecule has 0 aliphatic carbocycles. The number of hydrogen-bond donors (Lipinski definition) is 2. The van der Waals surface area contributed by atoms with Crippen molar-refractivity contribution in [2.75, 3.05) is 5.32 Å². The van der Waals surface area contributed by atoms with Crippen LogP contribution < -0.4 is 5.32 Å². The van der Waals surface area contributed by atoms with Crippen LogP contribution >= 0.6 is 0 Å². The molecule has 0 bridgehead atoms. The van der Waals surface area contributed by atoms with Gasteiger partial charge in [-0.3, -0.25) is 4.79 Å². The largest absolute Gasteiger partial charge is 0.478 e. The maximum atomic E-state index is 13.6. The standard InChI is InChI=1S/C12H9FN2O4/c1-6-5-14-19-10(6)11(16)15-9-3-2-7(12(17)18)4-8(9)13/h2-5H,1H3,(H,15,16)(H,17,18). The number of anilines is 1. The van der Waals surface area contributed by atoms with Gasteiger partial charge in [-0.25, -0.2) is 9.18 Å². The lowest BCUT2D eigenvalue weighted by atomic mass is 10.2. The van der Waals surface area contributed by atoms with Crippen LogP contribution in [-0.2, 0) is 0 Å². The van der Waals surface area contributed by atoms with E-state index in [0.29, 0.717) is 5.56 Å². The number of aromatic carboxylic acids is 1. The third-order valence-electron chi connectivity index (χ3n) is 2.42. The Morgan fingerprint density at radius 1 is 1.42 bits per heavy atom. The van der Waals surface area contributed by atoms with Gasteiger partial charge in [0.25, 0.3) is 5.91 Å². The zero-order valence-electron chi connectivity index (χ0n) is 9.81. The van der Waals surface area contributed by atoms with Crippen molar-refractivity contribution in [3.05, 3.63) is 47.1 Å². The molecule has 0 spiro atoms. The molecule has 0 saturated heterocycles. The number of carbonyl (C=O) groups excluding carboxylic acids is 1. The molecular formula is C12H9FN2O4. The normalized spacial score (nSPS) is 10.2. The predicted octanol–water partition coefficient (Wildman–Crippen LogP) is 2.07. The van der Waals surface area contributed by atoms with Gasteiger partial charge in [-0.2, -0.15) is 0 Å². The van der Waals surface area contributed by atoms with Crippen molar-refractivity contribution < 1.29 is 23.6 Å². The fourth-order valence-corrected chi connectivity index (χ4v) is 1.44. The van der Waals surface area contributed by atoms with Crippen LogP contribution in [0, 0.1) is 12.7 Å². The Balaban J connectivity index is 2.23. The fourth-order valence-electron chi connectivity index (χ4n) is 1.44. The highest BCUT2D eigenvalue weighted by Crippen LogP contribution is 2.17. The second-order valence-electron chi connectivity index (χ2n) is 3.79. The first-order valence-corrected chi connectivity index (χ1v) is 5.24. The highest BCUT2D eigenvalue weighted by atomic mass is 19.1. The first-order chi connectivity index (χ1) is 8.99. The van der Waals surface area contributed by atoms with Crippen LogP contribution in [-0.4, -0.2) is 22.1 Å². The first-order valence-electron chi connectivity index (χ1n) is 5.24. The summed E-state index contributed by atoms with van der Waals surface area (Å²) in [6.07, 6.45) is 1.36. The Hall–Kier alpha value is -2.70. The maximum absolute atomic E-state index is 13.6. The van der Waals surface area contributed by atoms with Crippen molar-refractivity contribution in [3.8, 4) is 0 Å². The number of aromatic nitrogens is 1. The molecule has 2 N–H and O–H groups in total. The Kier molecular flexibility index (Phi) is 3.28. The van der Waals surface area contributed by atoms with E-state index >= 15 is 0 Å². The van der Waals surface area contributed by atoms with Crippen LogP contribution in [0.3, 0.4) is 0 Å². The summed E-state index contributed by atoms with van der Waals surface area (Å²) in [5.41, 5.74) is 0.178. The van der Waals surface area contributed by atoms with Gasteiger partial charge in [-0.05, 0) is 25.1 Å². The second-order valence-corrected chi connectivity index (χ2v) is 3.79. The van der Waals surface area contributed by atoms with Gasteiger partial charge in [0.05, 0.1) is 17.4 Å². The molecule has 0 unspecified atom stereocenters. The second kappa shape index (κ2) is 4.89. The number of aryl methyl sites for hydroxylation is 1. The van der Waals surface area contributed by atoms with Crippen molar-refractivity contribution in [1.82, 2.24) is 5.16 Å². The van der Waals surface area contributed by atoms with E-state index in [1.807, 2.05) is 0 Å². The molecule has 1 aromatic carbocycles. The Morgan fingerprint density at radius 3 is 2.68 bits per heavy atom. The number of halogens is 1. The van der Waals surface area contributed by atoms with Crippen LogP contribution in [0.1, 0.15) is 26.5 Å². The lowest BCUT2D eigenvalue weighted by Gasteiger charge is -2.05. The van der Waals surface area contributed by atoms with Crippen LogP contribution in [0.5, 0.6) is 0 Å². The summed E-state index contributed by atoms with van der Waals surface area (Å²) in [4.78, 5) is 22.4. The molecule has 0 atom stereocenters. The zero-order chi connectivity index (χ0) is 14.0. The third kappa shape index (κ3) is 2.59. The van der Waals surface area contributed by atoms with E-state index in [-0.39, 0.29) is 17.0 Å². The van der Waals surface area contributed by atoms with Gasteiger partial charge in [-0.15, -0.1) is 0 Å². The molecule has 2 rings (SSSR count). The summed E-state index contributed by atoms with van der Waals surface area (Å²) in [6.45, 7) is 1.62. The van der Waals surface area contributed by atoms with Crippen molar-refractivity contribution in [3.63, 3.8) is 0 Å². The quantitative estimate of drug-likeness (QED) is 0.885. The monoisotopic (exact) mass is 264 g/mol. The Bertz CT molecular complexity index is 651. The van der Waals surface area contributed by atoms with Crippen molar-refractivity contribution in [1.29, 1.82) is 0 Å². The van der Waals surface area contributed by atoms with E-state index in [9.17, 15) is 14.0 Å². The predicted molar refractivity (Wildman–Crippen MR) is 62.6 cm³/mol. The smallest absolute Gasteiger partial charge is 0.335 e. The lowest BCUT2D eigenvalue weighted by Crippen LogP contribution is -2.13. The molecule has 1 aromatic heterocycles. The lowest BCUT2D eigenvalue weighted by molar-refractivity contribution is 0.0696. The number of benzene rings is 1. The number of nitrogens with one attached hydrogen (secondary N) is 1. The number of rotatable bonds is 3. The number of amides is 1. The van der Waals surface area contributed by atoms with Gasteiger partial charge in [0, 0.05) is 5.56 Å². The van der Waals surface area contributed by atoms with E-state index in [4.69, 9.17) is 9.63 Å². The van der Waals surface area contributed by atoms with E-state index in [2.05, 4.69) is 10.5 Å². The van der Waals surface area contributed by atoms with Gasteiger partial charge in [0.15, 0.2) is 0 Å². The third-order valence-corrected chi connectivity index (χ3v) is 2.42. The maximum Gasteiger partial charge on any atom is 0.335 e. The molecule has 1 heterocycles. The van der Waals surface area contributed by atoms with Crippen LogP contribution in [0.4, 0.5) is 10.1 Å². The van der Waals surface area contributed by atoms with Crippen molar-refractivity contribution in [2.45, 2.75) is 6.92 Å². The minimum atomic E-state index is -1.25. The summed E-state index contributed by atoms with van der Waals surface area (Å²) < 4.78 is 18.3. The Labute approximate surface area is 106 Å². The molecule has 0 aliphatic rings. The van der Waals surface area contributed by atoms with Gasteiger partial charge in [-0.1, -0.05) is 5.16 Å². The summed E-state index contributed by atoms with van der Waals surface area (Å²) in [5.74, 6) is -2.77. The first kappa shape index (κ1) is 12.7. The highest BCUT2D eigenvalue weighted by molar-refractivity contribution is 6.03. The van der Waals surface area contributed by atoms with Gasteiger partial charge in [0.2, 0.25) is 5.76 Å². The zero-order valence-corrected chi connectivity index (χ0v) is 9.81. The molecule has 0 fully saturated rings. The van der Waals surface area contributed by atoms with Gasteiger partial charge < -0.3 is 14.9 Å².